The van der Waals surface area contributed by atoms with E-state index in [-0.39, 0.29) is 11.9 Å². The van der Waals surface area contributed by atoms with E-state index in [1.165, 1.54) is 0 Å². The van der Waals surface area contributed by atoms with Gasteiger partial charge in [-0.05, 0) is 19.1 Å². The minimum absolute atomic E-state index is 0.0773. The largest absolute Gasteiger partial charge is 0.493 e. The summed E-state index contributed by atoms with van der Waals surface area (Å²) in [4.78, 5) is 13.8. The van der Waals surface area contributed by atoms with E-state index in [1.807, 2.05) is 25.1 Å². The number of carbonyl (C=O) groups excluding carboxylic acids is 1. The summed E-state index contributed by atoms with van der Waals surface area (Å²) >= 11 is 0. The summed E-state index contributed by atoms with van der Waals surface area (Å²) in [6.45, 7) is 3.33. The number of rotatable bonds is 3. The molecular weight excluding hydrogens is 232 g/mol. The lowest BCUT2D eigenvalue weighted by atomic mass is 10.2. The minimum atomic E-state index is -0.146. The lowest BCUT2D eigenvalue weighted by molar-refractivity contribution is -0.121. The normalized spacial score (nSPS) is 19.8. The van der Waals surface area contributed by atoms with Crippen molar-refractivity contribution in [3.63, 3.8) is 0 Å². The Morgan fingerprint density at radius 1 is 1.28 bits per heavy atom. The molecule has 1 saturated heterocycles. The van der Waals surface area contributed by atoms with E-state index < -0.39 is 0 Å². The molecule has 0 saturated carbocycles. The van der Waals surface area contributed by atoms with Crippen molar-refractivity contribution >= 4 is 11.6 Å². The molecule has 0 radical (unpaired) electrons. The van der Waals surface area contributed by atoms with Crippen molar-refractivity contribution in [3.05, 3.63) is 18.2 Å². The Kier molecular flexibility index (Phi) is 3.72. The Morgan fingerprint density at radius 2 is 2.00 bits per heavy atom. The van der Waals surface area contributed by atoms with Gasteiger partial charge in [-0.15, -0.1) is 0 Å². The highest BCUT2D eigenvalue weighted by Gasteiger charge is 2.26. The lowest BCUT2D eigenvalue weighted by Gasteiger charge is -2.31. The number of hydrogen-bond donors (Lipinski definition) is 1. The van der Waals surface area contributed by atoms with Gasteiger partial charge in [-0.25, -0.2) is 0 Å². The monoisotopic (exact) mass is 250 g/mol. The molecule has 1 aliphatic rings. The van der Waals surface area contributed by atoms with Crippen molar-refractivity contribution in [1.82, 2.24) is 5.32 Å². The molecule has 1 aliphatic heterocycles. The van der Waals surface area contributed by atoms with E-state index in [4.69, 9.17) is 9.47 Å². The molecule has 98 valence electrons. The fourth-order valence-corrected chi connectivity index (χ4v) is 2.07. The van der Waals surface area contributed by atoms with Crippen molar-refractivity contribution in [2.75, 3.05) is 32.2 Å². The highest BCUT2D eigenvalue weighted by Crippen LogP contribution is 2.31. The molecule has 1 N–H and O–H groups in total. The quantitative estimate of drug-likeness (QED) is 0.870. The van der Waals surface area contributed by atoms with E-state index in [1.54, 1.807) is 19.1 Å². The third kappa shape index (κ3) is 2.26. The maximum atomic E-state index is 12.1. The van der Waals surface area contributed by atoms with Crippen LogP contribution in [-0.4, -0.2) is 39.3 Å². The molecule has 1 unspecified atom stereocenters. The van der Waals surface area contributed by atoms with Crippen LogP contribution in [0.2, 0.25) is 0 Å². The first-order valence-electron chi connectivity index (χ1n) is 5.94. The SMILES string of the molecule is COc1ccc(N2CCNC(C)C2=O)cc1OC. The predicted molar refractivity (Wildman–Crippen MR) is 69.4 cm³/mol. The molecule has 5 nitrogen and oxygen atoms in total. The van der Waals surface area contributed by atoms with E-state index in [2.05, 4.69) is 5.32 Å². The van der Waals surface area contributed by atoms with E-state index in [9.17, 15) is 4.79 Å². The Balaban J connectivity index is 2.30. The zero-order valence-corrected chi connectivity index (χ0v) is 10.9. The number of benzene rings is 1. The van der Waals surface area contributed by atoms with Crippen LogP contribution in [-0.2, 0) is 4.79 Å². The van der Waals surface area contributed by atoms with Gasteiger partial charge < -0.3 is 19.7 Å². The third-order valence-corrected chi connectivity index (χ3v) is 3.10. The highest BCUT2D eigenvalue weighted by molar-refractivity contribution is 5.98. The number of nitrogens with one attached hydrogen (secondary N) is 1. The van der Waals surface area contributed by atoms with E-state index >= 15 is 0 Å². The Hall–Kier alpha value is -1.75. The number of amides is 1. The number of carbonyl (C=O) groups is 1. The third-order valence-electron chi connectivity index (χ3n) is 3.10. The summed E-state index contributed by atoms with van der Waals surface area (Å²) in [7, 11) is 3.18. The van der Waals surface area contributed by atoms with Gasteiger partial charge in [0.05, 0.1) is 20.3 Å². The summed E-state index contributed by atoms with van der Waals surface area (Å²) in [5, 5.41) is 3.14. The topological polar surface area (TPSA) is 50.8 Å². The summed E-state index contributed by atoms with van der Waals surface area (Å²) in [5.74, 6) is 1.37. The summed E-state index contributed by atoms with van der Waals surface area (Å²) in [6.07, 6.45) is 0. The maximum Gasteiger partial charge on any atom is 0.243 e. The molecule has 2 rings (SSSR count). The van der Waals surface area contributed by atoms with Crippen molar-refractivity contribution in [2.24, 2.45) is 0 Å². The van der Waals surface area contributed by atoms with Crippen LogP contribution in [0, 0.1) is 0 Å². The van der Waals surface area contributed by atoms with Crippen LogP contribution in [0.25, 0.3) is 0 Å². The smallest absolute Gasteiger partial charge is 0.243 e. The van der Waals surface area contributed by atoms with Gasteiger partial charge in [0.15, 0.2) is 11.5 Å². The number of ether oxygens (including phenoxy) is 2. The number of nitrogens with zero attached hydrogens (tertiary/aromatic N) is 1. The molecule has 1 aromatic carbocycles. The van der Waals surface area contributed by atoms with Crippen molar-refractivity contribution < 1.29 is 14.3 Å². The predicted octanol–water partition coefficient (Wildman–Crippen LogP) is 1.03. The zero-order chi connectivity index (χ0) is 13.1. The van der Waals surface area contributed by atoms with Crippen molar-refractivity contribution in [1.29, 1.82) is 0 Å². The van der Waals surface area contributed by atoms with Crippen LogP contribution in [0.5, 0.6) is 11.5 Å². The van der Waals surface area contributed by atoms with Crippen LogP contribution in [0.3, 0.4) is 0 Å². The van der Waals surface area contributed by atoms with Gasteiger partial charge in [0.2, 0.25) is 5.91 Å². The Bertz CT molecular complexity index is 448. The van der Waals surface area contributed by atoms with E-state index in [0.717, 1.165) is 12.2 Å². The van der Waals surface area contributed by atoms with Gasteiger partial charge >= 0.3 is 0 Å². The first-order chi connectivity index (χ1) is 8.67. The van der Waals surface area contributed by atoms with Gasteiger partial charge in [-0.2, -0.15) is 0 Å². The second-order valence-electron chi connectivity index (χ2n) is 4.20. The fourth-order valence-electron chi connectivity index (χ4n) is 2.07. The molecule has 5 heteroatoms. The summed E-state index contributed by atoms with van der Waals surface area (Å²) in [5.41, 5.74) is 0.839. The second kappa shape index (κ2) is 5.27. The number of hydrogen-bond acceptors (Lipinski definition) is 4. The first-order valence-corrected chi connectivity index (χ1v) is 5.94. The number of anilines is 1. The Morgan fingerprint density at radius 3 is 2.67 bits per heavy atom. The molecule has 0 bridgehead atoms. The molecule has 1 heterocycles. The second-order valence-corrected chi connectivity index (χ2v) is 4.20. The van der Waals surface area contributed by atoms with Crippen LogP contribution < -0.4 is 19.7 Å². The zero-order valence-electron chi connectivity index (χ0n) is 10.9. The molecular formula is C13H18N2O3. The Labute approximate surface area is 107 Å². The summed E-state index contributed by atoms with van der Waals surface area (Å²) in [6, 6.07) is 5.37. The molecule has 1 atom stereocenters. The van der Waals surface area contributed by atoms with Gasteiger partial charge in [-0.3, -0.25) is 4.79 Å². The van der Waals surface area contributed by atoms with Gasteiger partial charge in [0.1, 0.15) is 0 Å². The van der Waals surface area contributed by atoms with Crippen LogP contribution >= 0.6 is 0 Å². The first kappa shape index (κ1) is 12.7. The molecule has 1 aromatic rings. The molecule has 18 heavy (non-hydrogen) atoms. The lowest BCUT2D eigenvalue weighted by Crippen LogP contribution is -2.53. The van der Waals surface area contributed by atoms with Crippen LogP contribution in [0.15, 0.2) is 18.2 Å². The highest BCUT2D eigenvalue weighted by atomic mass is 16.5. The summed E-state index contributed by atoms with van der Waals surface area (Å²) < 4.78 is 10.4. The average Bonchev–Trinajstić information content (AvgIpc) is 2.41. The van der Waals surface area contributed by atoms with E-state index in [0.29, 0.717) is 18.0 Å². The van der Waals surface area contributed by atoms with Gasteiger partial charge in [-0.1, -0.05) is 0 Å². The molecule has 0 aliphatic carbocycles. The minimum Gasteiger partial charge on any atom is -0.493 e. The standard InChI is InChI=1S/C13H18N2O3/c1-9-13(16)15(7-6-14-9)10-4-5-11(17-2)12(8-10)18-3/h4-5,8-9,14H,6-7H2,1-3H3. The fraction of sp³-hybridized carbons (Fsp3) is 0.462. The van der Waals surface area contributed by atoms with Gasteiger partial charge in [0.25, 0.3) is 0 Å². The average molecular weight is 250 g/mol. The van der Waals surface area contributed by atoms with Crippen LogP contribution in [0.1, 0.15) is 6.92 Å². The molecule has 1 amide bonds. The number of methoxy groups -OCH3 is 2. The van der Waals surface area contributed by atoms with Gasteiger partial charge in [0, 0.05) is 24.8 Å². The molecule has 1 fully saturated rings. The van der Waals surface area contributed by atoms with Crippen molar-refractivity contribution in [2.45, 2.75) is 13.0 Å². The van der Waals surface area contributed by atoms with Crippen molar-refractivity contribution in [3.8, 4) is 11.5 Å². The van der Waals surface area contributed by atoms with Crippen LogP contribution in [0.4, 0.5) is 5.69 Å². The number of piperazine rings is 1. The maximum absolute atomic E-state index is 12.1. The molecule has 0 aromatic heterocycles. The molecule has 0 spiro atoms.